The average molecular weight is 492 g/mol. The molecule has 0 bridgehead atoms. The van der Waals surface area contributed by atoms with Gasteiger partial charge in [-0.2, -0.15) is 0 Å². The van der Waals surface area contributed by atoms with Crippen LogP contribution in [0.1, 0.15) is 12.6 Å². The Bertz CT molecular complexity index is 1030. The van der Waals surface area contributed by atoms with Crippen molar-refractivity contribution < 1.29 is 39.0 Å². The lowest BCUT2D eigenvalue weighted by molar-refractivity contribution is -0.148. The molecule has 0 aromatic carbocycles. The first-order valence-electron chi connectivity index (χ1n) is 8.30. The minimum Gasteiger partial charge on any atom is -0.479 e. The van der Waals surface area contributed by atoms with E-state index in [2.05, 4.69) is 20.3 Å². The number of halogens is 1. The number of aliphatic carboxylic acids is 1. The number of nitrogen functional groups attached to an aromatic ring is 1. The number of anilines is 1. The lowest BCUT2D eigenvalue weighted by atomic mass is 10.1. The Kier molecular flexibility index (Phi) is 6.56. The largest absolute Gasteiger partial charge is 0.512 e. The van der Waals surface area contributed by atoms with Crippen LogP contribution in [-0.4, -0.2) is 73.5 Å². The molecule has 2 aliphatic heterocycles. The van der Waals surface area contributed by atoms with Crippen LogP contribution >= 0.6 is 34.7 Å². The third kappa shape index (κ3) is 4.67. The number of thioether (sulfide) groups is 1. The quantitative estimate of drug-likeness (QED) is 0.179. The highest BCUT2D eigenvalue weighted by atomic mass is 35.5. The molecular weight excluding hydrogens is 478 g/mol. The number of thiazole rings is 1. The number of amides is 2. The first-order chi connectivity index (χ1) is 14.6. The average Bonchev–Trinajstić information content (AvgIpc) is 3.01. The summed E-state index contributed by atoms with van der Waals surface area (Å²) < 4.78 is 4.72. The fourth-order valence-electron chi connectivity index (χ4n) is 2.70. The van der Waals surface area contributed by atoms with Crippen molar-refractivity contribution in [3.63, 3.8) is 0 Å². The van der Waals surface area contributed by atoms with Gasteiger partial charge >= 0.3 is 12.1 Å². The molecule has 1 saturated heterocycles. The Labute approximate surface area is 186 Å². The molecule has 2 amide bonds. The highest BCUT2D eigenvalue weighted by Crippen LogP contribution is 2.40. The van der Waals surface area contributed by atoms with Crippen LogP contribution in [0.15, 0.2) is 16.6 Å². The van der Waals surface area contributed by atoms with Gasteiger partial charge in [0.2, 0.25) is 12.5 Å². The standard InChI is InChI=1S/C15H14ClN5O8S2/c1-4-3-30-13-8(11(25)21(13)12(4)29-15(26)27)18-10(24)7(20-28-2-5(22)23)6-9(16)31-14(17)19-6/h8,13H,2-3H2,1H3,(H2,17,19)(H,18,24)(H,22,23)(H,26,27)/t8?,13-/m0/s1. The van der Waals surface area contributed by atoms with E-state index in [1.54, 1.807) is 6.92 Å². The Morgan fingerprint density at radius 1 is 1.42 bits per heavy atom. The number of aromatic nitrogens is 1. The third-order valence-corrected chi connectivity index (χ3v) is 6.46. The third-order valence-electron chi connectivity index (χ3n) is 3.95. The number of carbonyl (C=O) groups is 4. The topological polar surface area (TPSA) is 194 Å². The van der Waals surface area contributed by atoms with Gasteiger partial charge in [-0.3, -0.25) is 14.5 Å². The molecular formula is C15H14ClN5O8S2. The summed E-state index contributed by atoms with van der Waals surface area (Å²) in [6.07, 6.45) is -1.57. The summed E-state index contributed by atoms with van der Waals surface area (Å²) in [5.74, 6) is -2.57. The van der Waals surface area contributed by atoms with Gasteiger partial charge in [0.15, 0.2) is 10.8 Å². The number of carbonyl (C=O) groups excluding carboxylic acids is 2. The van der Waals surface area contributed by atoms with Gasteiger partial charge < -0.3 is 30.8 Å². The highest BCUT2D eigenvalue weighted by molar-refractivity contribution is 8.00. The maximum Gasteiger partial charge on any atom is 0.512 e. The van der Waals surface area contributed by atoms with Gasteiger partial charge in [-0.05, 0) is 12.5 Å². The Morgan fingerprint density at radius 3 is 2.71 bits per heavy atom. The number of ether oxygens (including phenoxy) is 1. The number of fused-ring (bicyclic) bond motifs is 1. The summed E-state index contributed by atoms with van der Waals surface area (Å²) in [6, 6.07) is -1.03. The molecule has 0 radical (unpaired) electrons. The molecule has 2 aliphatic rings. The number of rotatable bonds is 7. The maximum atomic E-state index is 12.8. The van der Waals surface area contributed by atoms with Crippen molar-refractivity contribution in [2.75, 3.05) is 18.1 Å². The zero-order chi connectivity index (χ0) is 22.9. The van der Waals surface area contributed by atoms with Gasteiger partial charge in [-0.25, -0.2) is 14.6 Å². The molecule has 3 rings (SSSR count). The zero-order valence-corrected chi connectivity index (χ0v) is 17.9. The number of oxime groups is 1. The van der Waals surface area contributed by atoms with E-state index < -0.39 is 47.7 Å². The zero-order valence-electron chi connectivity index (χ0n) is 15.5. The number of carboxylic acid groups (broad SMARTS) is 2. The molecule has 1 aromatic heterocycles. The van der Waals surface area contributed by atoms with Crippen LogP contribution < -0.4 is 11.1 Å². The van der Waals surface area contributed by atoms with Crippen LogP contribution in [0.25, 0.3) is 0 Å². The number of nitrogens with one attached hydrogen (secondary N) is 1. The highest BCUT2D eigenvalue weighted by Gasteiger charge is 2.54. The second-order valence-electron chi connectivity index (χ2n) is 6.10. The number of β-lactam (4-membered cyclic amide) rings is 1. The van der Waals surface area contributed by atoms with E-state index in [0.717, 1.165) is 16.2 Å². The predicted molar refractivity (Wildman–Crippen MR) is 108 cm³/mol. The fourth-order valence-corrected chi connectivity index (χ4v) is 4.90. The van der Waals surface area contributed by atoms with Crippen LogP contribution in [0.2, 0.25) is 4.34 Å². The summed E-state index contributed by atoms with van der Waals surface area (Å²) >= 11 is 8.17. The SMILES string of the molecule is CC1=C(OC(=O)O)N2C(=O)C(NC(=O)C(=NOCC(=O)O)c3nc(N)sc3Cl)[C@@H]2SC1. The molecule has 2 atom stereocenters. The van der Waals surface area contributed by atoms with Crippen LogP contribution in [0.5, 0.6) is 0 Å². The van der Waals surface area contributed by atoms with E-state index in [4.69, 9.17) is 32.3 Å². The molecule has 16 heteroatoms. The molecule has 0 spiro atoms. The number of carboxylic acids is 1. The van der Waals surface area contributed by atoms with Crippen molar-refractivity contribution in [1.29, 1.82) is 0 Å². The van der Waals surface area contributed by atoms with Crippen molar-refractivity contribution in [2.45, 2.75) is 18.3 Å². The van der Waals surface area contributed by atoms with Crippen LogP contribution in [0, 0.1) is 0 Å². The molecule has 31 heavy (non-hydrogen) atoms. The van der Waals surface area contributed by atoms with Crippen LogP contribution in [-0.2, 0) is 24.0 Å². The fraction of sp³-hybridized carbons (Fsp3) is 0.333. The van der Waals surface area contributed by atoms with Crippen molar-refractivity contribution in [2.24, 2.45) is 5.16 Å². The van der Waals surface area contributed by atoms with Crippen molar-refractivity contribution >= 4 is 69.5 Å². The molecule has 13 nitrogen and oxygen atoms in total. The van der Waals surface area contributed by atoms with E-state index in [9.17, 15) is 19.2 Å². The second-order valence-corrected chi connectivity index (χ2v) is 8.83. The van der Waals surface area contributed by atoms with Gasteiger partial charge in [0.1, 0.15) is 21.4 Å². The predicted octanol–water partition coefficient (Wildman–Crippen LogP) is 0.510. The van der Waals surface area contributed by atoms with E-state index in [1.165, 1.54) is 11.8 Å². The monoisotopic (exact) mass is 491 g/mol. The first kappa shape index (κ1) is 22.6. The smallest absolute Gasteiger partial charge is 0.479 e. The molecule has 0 aliphatic carbocycles. The van der Waals surface area contributed by atoms with Crippen molar-refractivity contribution in [1.82, 2.24) is 15.2 Å². The molecule has 0 saturated carbocycles. The van der Waals surface area contributed by atoms with Gasteiger partial charge in [0.05, 0.1) is 0 Å². The minimum absolute atomic E-state index is 0.00892. The van der Waals surface area contributed by atoms with Crippen molar-refractivity contribution in [3.05, 3.63) is 21.5 Å². The molecule has 1 unspecified atom stereocenters. The molecule has 3 heterocycles. The second kappa shape index (κ2) is 8.99. The summed E-state index contributed by atoms with van der Waals surface area (Å²) in [5, 5.41) is 23.0. The molecule has 1 fully saturated rings. The van der Waals surface area contributed by atoms with Crippen LogP contribution in [0.4, 0.5) is 9.93 Å². The van der Waals surface area contributed by atoms with E-state index in [-0.39, 0.29) is 21.0 Å². The molecule has 1 aromatic rings. The normalized spacial score (nSPS) is 20.6. The van der Waals surface area contributed by atoms with E-state index in [1.807, 2.05) is 0 Å². The van der Waals surface area contributed by atoms with E-state index >= 15 is 0 Å². The van der Waals surface area contributed by atoms with Crippen molar-refractivity contribution in [3.8, 4) is 0 Å². The first-order valence-corrected chi connectivity index (χ1v) is 10.5. The van der Waals surface area contributed by atoms with Gasteiger partial charge in [-0.15, -0.1) is 11.8 Å². The number of hydrogen-bond acceptors (Lipinski definition) is 11. The molecule has 166 valence electrons. The van der Waals surface area contributed by atoms with Gasteiger partial charge in [0.25, 0.3) is 11.8 Å². The number of nitrogens with two attached hydrogens (primary N) is 1. The minimum atomic E-state index is -1.57. The van der Waals surface area contributed by atoms with Gasteiger partial charge in [0, 0.05) is 5.75 Å². The maximum absolute atomic E-state index is 12.8. The Balaban J connectivity index is 1.80. The summed E-state index contributed by atoms with van der Waals surface area (Å²) in [5.41, 5.74) is 5.52. The number of nitrogens with zero attached hydrogens (tertiary/aromatic N) is 3. The van der Waals surface area contributed by atoms with E-state index in [0.29, 0.717) is 11.3 Å². The summed E-state index contributed by atoms with van der Waals surface area (Å²) in [4.78, 5) is 56.6. The summed E-state index contributed by atoms with van der Waals surface area (Å²) in [6.45, 7) is 0.794. The lowest BCUT2D eigenvalue weighted by Gasteiger charge is -2.48. The Morgan fingerprint density at radius 2 is 2.13 bits per heavy atom. The van der Waals surface area contributed by atoms with Crippen LogP contribution in [0.3, 0.4) is 0 Å². The Hall–Kier alpha value is -3.04. The number of hydrogen-bond donors (Lipinski definition) is 4. The molecule has 5 N–H and O–H groups in total. The summed E-state index contributed by atoms with van der Waals surface area (Å²) in [7, 11) is 0. The lowest BCUT2D eigenvalue weighted by Crippen LogP contribution is -2.70. The van der Waals surface area contributed by atoms with Gasteiger partial charge in [-0.1, -0.05) is 28.1 Å².